The maximum Gasteiger partial charge on any atom is 0.269 e. The van der Waals surface area contributed by atoms with Crippen molar-refractivity contribution in [3.8, 4) is 0 Å². The molecule has 0 N–H and O–H groups in total. The number of carbonyl (C=O) groups excluding carboxylic acids is 1. The molecule has 1 saturated heterocycles. The maximum absolute atomic E-state index is 12.5. The lowest BCUT2D eigenvalue weighted by Gasteiger charge is -2.29. The van der Waals surface area contributed by atoms with Gasteiger partial charge in [-0.2, -0.15) is 0 Å². The molecule has 0 spiro atoms. The summed E-state index contributed by atoms with van der Waals surface area (Å²) < 4.78 is 0. The van der Waals surface area contributed by atoms with Crippen LogP contribution in [0.2, 0.25) is 0 Å². The molecule has 0 bridgehead atoms. The molecule has 5 heteroatoms. The Morgan fingerprint density at radius 1 is 1.39 bits per heavy atom. The van der Waals surface area contributed by atoms with Crippen LogP contribution >= 0.6 is 0 Å². The summed E-state index contributed by atoms with van der Waals surface area (Å²) in [5.41, 5.74) is 0.127. The lowest BCUT2D eigenvalue weighted by molar-refractivity contribution is -0.153. The first-order chi connectivity index (χ1) is 8.55. The summed E-state index contributed by atoms with van der Waals surface area (Å²) in [6.07, 6.45) is 1.65. The van der Waals surface area contributed by atoms with Crippen LogP contribution in [-0.2, 0) is 9.63 Å². The number of nitrogens with zero attached hydrogens (tertiary/aromatic N) is 3. The first kappa shape index (κ1) is 13.3. The number of amides is 1. The van der Waals surface area contributed by atoms with Gasteiger partial charge in [0.15, 0.2) is 0 Å². The predicted octanol–water partition coefficient (Wildman–Crippen LogP) is 1.10. The molecule has 2 aliphatic heterocycles. The third-order valence-electron chi connectivity index (χ3n) is 3.77. The molecule has 1 amide bonds. The molecule has 2 heterocycles. The number of likely N-dealkylation sites (N-methyl/N-ethyl adjacent to an activating group) is 1. The van der Waals surface area contributed by atoms with Gasteiger partial charge in [0.05, 0.1) is 5.71 Å². The standard InChI is InChI=1S/C13H23N3O2/c1-4-15-6-5-7-16(9-8-15)12(17)13(3)10-11(2)14-18-13/h4-10H2,1-3H3/t13-/m0/s1. The van der Waals surface area contributed by atoms with Gasteiger partial charge >= 0.3 is 0 Å². The average molecular weight is 253 g/mol. The predicted molar refractivity (Wildman–Crippen MR) is 70.5 cm³/mol. The van der Waals surface area contributed by atoms with E-state index in [1.165, 1.54) is 0 Å². The molecule has 0 saturated carbocycles. The molecule has 0 aromatic carbocycles. The van der Waals surface area contributed by atoms with Crippen LogP contribution in [0.3, 0.4) is 0 Å². The van der Waals surface area contributed by atoms with Crippen LogP contribution in [0.5, 0.6) is 0 Å². The minimum absolute atomic E-state index is 0.0843. The number of oxime groups is 1. The lowest BCUT2D eigenvalue weighted by atomic mass is 9.98. The van der Waals surface area contributed by atoms with E-state index in [9.17, 15) is 4.79 Å². The Labute approximate surface area is 109 Å². The van der Waals surface area contributed by atoms with Crippen LogP contribution < -0.4 is 0 Å². The number of hydrogen-bond acceptors (Lipinski definition) is 4. The van der Waals surface area contributed by atoms with Gasteiger partial charge in [-0.05, 0) is 33.4 Å². The molecule has 0 radical (unpaired) electrons. The Morgan fingerprint density at radius 3 is 2.78 bits per heavy atom. The van der Waals surface area contributed by atoms with Crippen LogP contribution in [0.25, 0.3) is 0 Å². The first-order valence-corrected chi connectivity index (χ1v) is 6.78. The van der Waals surface area contributed by atoms with E-state index >= 15 is 0 Å². The van der Waals surface area contributed by atoms with Crippen molar-refractivity contribution in [2.24, 2.45) is 5.16 Å². The van der Waals surface area contributed by atoms with Gasteiger partial charge in [0.1, 0.15) is 0 Å². The summed E-state index contributed by atoms with van der Waals surface area (Å²) >= 11 is 0. The molecule has 1 fully saturated rings. The first-order valence-electron chi connectivity index (χ1n) is 6.78. The lowest BCUT2D eigenvalue weighted by Crippen LogP contribution is -2.48. The summed E-state index contributed by atoms with van der Waals surface area (Å²) in [4.78, 5) is 22.2. The van der Waals surface area contributed by atoms with Crippen LogP contribution in [-0.4, -0.2) is 59.7 Å². The van der Waals surface area contributed by atoms with Gasteiger partial charge in [-0.25, -0.2) is 0 Å². The molecule has 0 aliphatic carbocycles. The highest BCUT2D eigenvalue weighted by molar-refractivity contribution is 5.94. The maximum atomic E-state index is 12.5. The fourth-order valence-corrected chi connectivity index (χ4v) is 2.67. The van der Waals surface area contributed by atoms with Crippen LogP contribution in [0.4, 0.5) is 0 Å². The van der Waals surface area contributed by atoms with E-state index in [4.69, 9.17) is 4.84 Å². The third-order valence-corrected chi connectivity index (χ3v) is 3.77. The smallest absolute Gasteiger partial charge is 0.269 e. The number of hydrogen-bond donors (Lipinski definition) is 0. The Kier molecular flexibility index (Phi) is 3.90. The van der Waals surface area contributed by atoms with Crippen molar-refractivity contribution in [3.63, 3.8) is 0 Å². The Morgan fingerprint density at radius 2 is 2.17 bits per heavy atom. The minimum Gasteiger partial charge on any atom is -0.379 e. The Balaban J connectivity index is 1.97. The van der Waals surface area contributed by atoms with Gasteiger partial charge in [0, 0.05) is 26.1 Å². The van der Waals surface area contributed by atoms with Crippen molar-refractivity contribution in [1.29, 1.82) is 0 Å². The summed E-state index contributed by atoms with van der Waals surface area (Å²) in [5, 5.41) is 3.92. The summed E-state index contributed by atoms with van der Waals surface area (Å²) in [6, 6.07) is 0. The third kappa shape index (κ3) is 2.66. The minimum atomic E-state index is -0.772. The van der Waals surface area contributed by atoms with Crippen molar-refractivity contribution in [2.75, 3.05) is 32.7 Å². The van der Waals surface area contributed by atoms with Crippen molar-refractivity contribution in [2.45, 2.75) is 39.2 Å². The zero-order chi connectivity index (χ0) is 13.2. The van der Waals surface area contributed by atoms with E-state index in [-0.39, 0.29) is 5.91 Å². The molecule has 1 atom stereocenters. The Hall–Kier alpha value is -1.10. The van der Waals surface area contributed by atoms with E-state index < -0.39 is 5.60 Å². The van der Waals surface area contributed by atoms with E-state index in [1.807, 2.05) is 18.7 Å². The summed E-state index contributed by atoms with van der Waals surface area (Å²) in [5.74, 6) is 0.0843. The largest absolute Gasteiger partial charge is 0.379 e. The molecule has 18 heavy (non-hydrogen) atoms. The molecular weight excluding hydrogens is 230 g/mol. The van der Waals surface area contributed by atoms with Gasteiger partial charge in [0.2, 0.25) is 5.60 Å². The Bertz CT molecular complexity index is 356. The van der Waals surface area contributed by atoms with Crippen LogP contribution in [0.1, 0.15) is 33.6 Å². The molecule has 0 aromatic rings. The van der Waals surface area contributed by atoms with Crippen LogP contribution in [0.15, 0.2) is 5.16 Å². The second kappa shape index (κ2) is 5.26. The SMILES string of the molecule is CCN1CCCN(C(=O)[C@]2(C)CC(C)=NO2)CC1. The van der Waals surface area contributed by atoms with Gasteiger partial charge in [-0.1, -0.05) is 12.1 Å². The number of carbonyl (C=O) groups is 1. The highest BCUT2D eigenvalue weighted by atomic mass is 16.7. The summed E-state index contributed by atoms with van der Waals surface area (Å²) in [7, 11) is 0. The second-order valence-electron chi connectivity index (χ2n) is 5.41. The fraction of sp³-hybridized carbons (Fsp3) is 0.846. The molecule has 2 rings (SSSR count). The van der Waals surface area contributed by atoms with E-state index in [0.29, 0.717) is 6.42 Å². The number of rotatable bonds is 2. The van der Waals surface area contributed by atoms with Crippen molar-refractivity contribution in [3.05, 3.63) is 0 Å². The monoisotopic (exact) mass is 253 g/mol. The van der Waals surface area contributed by atoms with Gasteiger partial charge in [0.25, 0.3) is 5.91 Å². The zero-order valence-corrected chi connectivity index (χ0v) is 11.6. The summed E-state index contributed by atoms with van der Waals surface area (Å²) in [6.45, 7) is 10.6. The molecule has 5 nitrogen and oxygen atoms in total. The fourth-order valence-electron chi connectivity index (χ4n) is 2.67. The van der Waals surface area contributed by atoms with Crippen molar-refractivity contribution in [1.82, 2.24) is 9.80 Å². The van der Waals surface area contributed by atoms with Gasteiger partial charge in [-0.15, -0.1) is 0 Å². The van der Waals surface area contributed by atoms with E-state index in [2.05, 4.69) is 17.0 Å². The molecule has 2 aliphatic rings. The molecular formula is C13H23N3O2. The molecule has 102 valence electrons. The topological polar surface area (TPSA) is 45.1 Å². The van der Waals surface area contributed by atoms with Gasteiger partial charge in [-0.3, -0.25) is 4.79 Å². The van der Waals surface area contributed by atoms with Crippen LogP contribution in [0, 0.1) is 0 Å². The van der Waals surface area contributed by atoms with E-state index in [0.717, 1.165) is 44.9 Å². The highest BCUT2D eigenvalue weighted by Gasteiger charge is 2.43. The zero-order valence-electron chi connectivity index (χ0n) is 11.6. The van der Waals surface area contributed by atoms with E-state index in [1.54, 1.807) is 0 Å². The van der Waals surface area contributed by atoms with Crippen molar-refractivity contribution < 1.29 is 9.63 Å². The molecule has 0 unspecified atom stereocenters. The quantitative estimate of drug-likeness (QED) is 0.740. The van der Waals surface area contributed by atoms with Crippen molar-refractivity contribution >= 4 is 11.6 Å². The molecule has 0 aromatic heterocycles. The highest BCUT2D eigenvalue weighted by Crippen LogP contribution is 2.26. The van der Waals surface area contributed by atoms with Gasteiger partial charge < -0.3 is 14.6 Å². The normalized spacial score (nSPS) is 29.7. The average Bonchev–Trinajstić information content (AvgIpc) is 2.59. The second-order valence-corrected chi connectivity index (χ2v) is 5.41.